The molecular weight excluding hydrogens is 372 g/mol. The Morgan fingerprint density at radius 1 is 1.23 bits per heavy atom. The zero-order valence-electron chi connectivity index (χ0n) is 14.5. The summed E-state index contributed by atoms with van der Waals surface area (Å²) < 4.78 is 0. The van der Waals surface area contributed by atoms with E-state index in [0.29, 0.717) is 18.1 Å². The number of rotatable bonds is 8. The molecule has 7 heteroatoms. The number of amides is 3. The third-order valence-corrected chi connectivity index (χ3v) is 6.68. The number of imide groups is 1. The van der Waals surface area contributed by atoms with Gasteiger partial charge >= 0.3 is 6.03 Å². The number of thioether (sulfide) groups is 1. The van der Waals surface area contributed by atoms with Gasteiger partial charge in [-0.3, -0.25) is 14.5 Å². The van der Waals surface area contributed by atoms with Crippen LogP contribution in [0.4, 0.5) is 4.79 Å². The third kappa shape index (κ3) is 4.41. The maximum Gasteiger partial charge on any atom is 0.324 e. The molecule has 2 saturated heterocycles. The van der Waals surface area contributed by atoms with E-state index in [1.807, 2.05) is 30.3 Å². The predicted molar refractivity (Wildman–Crippen MR) is 104 cm³/mol. The Bertz CT molecular complexity index is 670. The lowest BCUT2D eigenvalue weighted by Crippen LogP contribution is -2.42. The first-order valence-corrected chi connectivity index (χ1v) is 10.5. The second-order valence-electron chi connectivity index (χ2n) is 6.76. The Kier molecular flexibility index (Phi) is 6.59. The Balaban J connectivity index is 1.40. The molecule has 0 radical (unpaired) electrons. The molecule has 0 bridgehead atoms. The average molecular weight is 395 g/mol. The smallest absolute Gasteiger partial charge is 0.324 e. The van der Waals surface area contributed by atoms with Gasteiger partial charge in [-0.25, -0.2) is 4.79 Å². The number of Topliss-reactive ketones (excluding diaryl/α,β-unsaturated/α-hetero) is 1. The fourth-order valence-electron chi connectivity index (χ4n) is 3.67. The van der Waals surface area contributed by atoms with Crippen LogP contribution in [-0.4, -0.2) is 51.6 Å². The number of fused-ring (bicyclic) bond motifs is 1. The first-order valence-electron chi connectivity index (χ1n) is 8.96. The molecule has 26 heavy (non-hydrogen) atoms. The number of carbonyl (C=O) groups excluding carboxylic acids is 3. The predicted octanol–water partition coefficient (Wildman–Crippen LogP) is 3.00. The maximum atomic E-state index is 12.1. The molecule has 3 rings (SSSR count). The topological polar surface area (TPSA) is 66.5 Å². The van der Waals surface area contributed by atoms with E-state index in [0.717, 1.165) is 30.6 Å². The van der Waals surface area contributed by atoms with Gasteiger partial charge in [0.25, 0.3) is 0 Å². The average Bonchev–Trinajstić information content (AvgIpc) is 3.17. The molecule has 0 aliphatic carbocycles. The highest BCUT2D eigenvalue weighted by atomic mass is 35.5. The van der Waals surface area contributed by atoms with Crippen LogP contribution in [0.2, 0.25) is 0 Å². The summed E-state index contributed by atoms with van der Waals surface area (Å²) in [7, 11) is 0. The summed E-state index contributed by atoms with van der Waals surface area (Å²) in [5.74, 6) is 0.518. The molecule has 2 heterocycles. The number of nitrogens with zero attached hydrogens (tertiary/aromatic N) is 1. The van der Waals surface area contributed by atoms with Crippen molar-refractivity contribution in [3.05, 3.63) is 35.9 Å². The quantitative estimate of drug-likeness (QED) is 0.418. The number of hydrogen-bond donors (Lipinski definition) is 1. The van der Waals surface area contributed by atoms with Crippen molar-refractivity contribution in [2.75, 3.05) is 11.6 Å². The normalized spacial score (nSPS) is 24.4. The van der Waals surface area contributed by atoms with E-state index in [1.165, 1.54) is 4.90 Å². The number of halogens is 1. The van der Waals surface area contributed by atoms with Gasteiger partial charge < -0.3 is 5.32 Å². The zero-order valence-corrected chi connectivity index (χ0v) is 16.1. The van der Waals surface area contributed by atoms with E-state index in [-0.39, 0.29) is 35.7 Å². The molecule has 2 fully saturated rings. The molecule has 0 spiro atoms. The lowest BCUT2D eigenvalue weighted by Gasteiger charge is -2.19. The van der Waals surface area contributed by atoms with Crippen molar-refractivity contribution in [1.82, 2.24) is 10.2 Å². The van der Waals surface area contributed by atoms with Crippen LogP contribution in [0, 0.1) is 0 Å². The standard InChI is InChI=1S/C19H23ClN2O3S/c20-11-17(24)22-15-12-26-16(18(15)21-19(22)25)9-5-4-8-14(23)10-13-6-2-1-3-7-13/h1-3,6-7,15-16,18H,4-5,8-12H2,(H,21,25)/t15-,16-,18-/m0/s1. The van der Waals surface area contributed by atoms with E-state index < -0.39 is 0 Å². The molecule has 140 valence electrons. The minimum atomic E-state index is -0.329. The van der Waals surface area contributed by atoms with Gasteiger partial charge in [0.05, 0.1) is 12.1 Å². The van der Waals surface area contributed by atoms with Crippen molar-refractivity contribution >= 4 is 41.1 Å². The molecule has 3 amide bonds. The fourth-order valence-corrected chi connectivity index (χ4v) is 5.39. The van der Waals surface area contributed by atoms with Crippen LogP contribution in [0.5, 0.6) is 0 Å². The summed E-state index contributed by atoms with van der Waals surface area (Å²) in [6.45, 7) is 0. The summed E-state index contributed by atoms with van der Waals surface area (Å²) in [6, 6.07) is 9.38. The highest BCUT2D eigenvalue weighted by molar-refractivity contribution is 8.00. The fraction of sp³-hybridized carbons (Fsp3) is 0.526. The molecule has 2 aliphatic rings. The van der Waals surface area contributed by atoms with Crippen LogP contribution in [0.3, 0.4) is 0 Å². The van der Waals surface area contributed by atoms with E-state index in [1.54, 1.807) is 11.8 Å². The molecule has 3 atom stereocenters. The molecule has 5 nitrogen and oxygen atoms in total. The number of unbranched alkanes of at least 4 members (excludes halogenated alkanes) is 1. The highest BCUT2D eigenvalue weighted by Crippen LogP contribution is 2.37. The second kappa shape index (κ2) is 8.91. The third-order valence-electron chi connectivity index (χ3n) is 4.96. The van der Waals surface area contributed by atoms with Gasteiger partial charge in [0.2, 0.25) is 5.91 Å². The van der Waals surface area contributed by atoms with Crippen LogP contribution in [0.15, 0.2) is 30.3 Å². The number of carbonyl (C=O) groups is 3. The number of urea groups is 1. The lowest BCUT2D eigenvalue weighted by atomic mass is 10.0. The maximum absolute atomic E-state index is 12.1. The van der Waals surface area contributed by atoms with Crippen molar-refractivity contribution in [2.45, 2.75) is 49.4 Å². The van der Waals surface area contributed by atoms with Gasteiger partial charge in [-0.2, -0.15) is 11.8 Å². The first-order chi connectivity index (χ1) is 12.6. The van der Waals surface area contributed by atoms with Crippen LogP contribution in [0.1, 0.15) is 31.2 Å². The van der Waals surface area contributed by atoms with Gasteiger partial charge in [0.15, 0.2) is 0 Å². The summed E-state index contributed by atoms with van der Waals surface area (Å²) >= 11 is 7.40. The molecule has 1 N–H and O–H groups in total. The molecule has 1 aromatic carbocycles. The monoisotopic (exact) mass is 394 g/mol. The molecule has 0 saturated carbocycles. The number of alkyl halides is 1. The van der Waals surface area contributed by atoms with Crippen molar-refractivity contribution in [1.29, 1.82) is 0 Å². The first kappa shape index (κ1) is 19.2. The summed E-state index contributed by atoms with van der Waals surface area (Å²) in [5, 5.41) is 3.23. The lowest BCUT2D eigenvalue weighted by molar-refractivity contribution is -0.126. The van der Waals surface area contributed by atoms with Crippen molar-refractivity contribution in [3.63, 3.8) is 0 Å². The van der Waals surface area contributed by atoms with E-state index in [4.69, 9.17) is 11.6 Å². The number of hydrogen-bond acceptors (Lipinski definition) is 4. The van der Waals surface area contributed by atoms with Crippen LogP contribution in [-0.2, 0) is 16.0 Å². The minimum absolute atomic E-state index is 0.000290. The number of ketones is 1. The molecule has 0 aromatic heterocycles. The van der Waals surface area contributed by atoms with Crippen LogP contribution >= 0.6 is 23.4 Å². The van der Waals surface area contributed by atoms with Crippen LogP contribution in [0.25, 0.3) is 0 Å². The summed E-state index contributed by atoms with van der Waals surface area (Å²) in [4.78, 5) is 37.2. The van der Waals surface area contributed by atoms with Crippen molar-refractivity contribution in [3.8, 4) is 0 Å². The van der Waals surface area contributed by atoms with E-state index >= 15 is 0 Å². The van der Waals surface area contributed by atoms with Crippen molar-refractivity contribution < 1.29 is 14.4 Å². The van der Waals surface area contributed by atoms with Gasteiger partial charge in [-0.1, -0.05) is 36.8 Å². The SMILES string of the molecule is O=C(CCCC[C@@H]1SC[C@H]2[C@@H]1NC(=O)N2C(=O)CCl)Cc1ccccc1. The molecular formula is C19H23ClN2O3S. The van der Waals surface area contributed by atoms with Gasteiger partial charge in [-0.15, -0.1) is 11.6 Å². The minimum Gasteiger partial charge on any atom is -0.332 e. The Hall–Kier alpha value is -1.53. The van der Waals surface area contributed by atoms with Crippen LogP contribution < -0.4 is 5.32 Å². The van der Waals surface area contributed by atoms with Crippen molar-refractivity contribution in [2.24, 2.45) is 0 Å². The summed E-state index contributed by atoms with van der Waals surface area (Å²) in [6.07, 6.45) is 3.83. The Morgan fingerprint density at radius 2 is 2.00 bits per heavy atom. The number of nitrogens with one attached hydrogen (secondary N) is 1. The van der Waals surface area contributed by atoms with Gasteiger partial charge in [0.1, 0.15) is 11.7 Å². The Morgan fingerprint density at radius 3 is 2.73 bits per heavy atom. The highest BCUT2D eigenvalue weighted by Gasteiger charge is 2.49. The van der Waals surface area contributed by atoms with E-state index in [2.05, 4.69) is 5.32 Å². The second-order valence-corrected chi connectivity index (χ2v) is 8.30. The van der Waals surface area contributed by atoms with Gasteiger partial charge in [-0.05, 0) is 18.4 Å². The van der Waals surface area contributed by atoms with E-state index in [9.17, 15) is 14.4 Å². The zero-order chi connectivity index (χ0) is 18.5. The number of benzene rings is 1. The molecule has 2 aliphatic heterocycles. The molecule has 1 aromatic rings. The summed E-state index contributed by atoms with van der Waals surface area (Å²) in [5.41, 5.74) is 1.06. The largest absolute Gasteiger partial charge is 0.332 e. The Labute approximate surface area is 162 Å². The molecule has 0 unspecified atom stereocenters. The van der Waals surface area contributed by atoms with Gasteiger partial charge in [0, 0.05) is 23.8 Å².